The van der Waals surface area contributed by atoms with Crippen LogP contribution < -0.4 is 19.7 Å². The molecule has 8 heteroatoms. The van der Waals surface area contributed by atoms with Crippen molar-refractivity contribution in [2.75, 3.05) is 12.0 Å². The Balaban J connectivity index is 1.63. The zero-order valence-corrected chi connectivity index (χ0v) is 17.1. The first kappa shape index (κ1) is 20.8. The summed E-state index contributed by atoms with van der Waals surface area (Å²) in [5.74, 6) is -0.554. The van der Waals surface area contributed by atoms with Crippen LogP contribution in [0.1, 0.15) is 11.1 Å². The molecule has 2 aromatic carbocycles. The smallest absolute Gasteiger partial charge is 0.336 e. The number of pyridine rings is 1. The van der Waals surface area contributed by atoms with E-state index in [0.717, 1.165) is 10.5 Å². The maximum atomic E-state index is 13.0. The molecule has 0 spiro atoms. The average Bonchev–Trinajstić information content (AvgIpc) is 2.82. The quantitative estimate of drug-likeness (QED) is 0.477. The lowest BCUT2D eigenvalue weighted by atomic mass is 10.1. The number of urea groups is 1. The molecular weight excluding hydrogens is 410 g/mol. The Labute approximate surface area is 184 Å². The van der Waals surface area contributed by atoms with Crippen LogP contribution in [0.2, 0.25) is 0 Å². The monoisotopic (exact) mass is 429 g/mol. The minimum absolute atomic E-state index is 0.187. The van der Waals surface area contributed by atoms with Crippen molar-refractivity contribution in [1.82, 2.24) is 10.3 Å². The molecule has 0 aliphatic carbocycles. The number of anilines is 1. The Morgan fingerprint density at radius 3 is 2.53 bits per heavy atom. The fraction of sp³-hybridized carbons (Fsp3) is 0.0833. The van der Waals surface area contributed by atoms with E-state index in [0.29, 0.717) is 23.7 Å². The normalized spacial score (nSPS) is 15.0. The second-order valence-corrected chi connectivity index (χ2v) is 6.85. The van der Waals surface area contributed by atoms with Crippen molar-refractivity contribution in [3.63, 3.8) is 0 Å². The zero-order valence-electron chi connectivity index (χ0n) is 17.1. The summed E-state index contributed by atoms with van der Waals surface area (Å²) in [6.07, 6.45) is 4.29. The fourth-order valence-electron chi connectivity index (χ4n) is 3.18. The molecule has 0 atom stereocenters. The van der Waals surface area contributed by atoms with Crippen molar-refractivity contribution in [2.45, 2.75) is 6.61 Å². The third-order valence-electron chi connectivity index (χ3n) is 4.74. The standard InChI is InChI=1S/C24H19N3O5/c1-31-20-10-9-17(13-21(20)32-15-16-6-3-2-4-7-16)12-19-22(28)26-24(30)27(23(19)29)18-8-5-11-25-14-18/h2-14H,15H2,1H3,(H,26,28,30)/b19-12+. The van der Waals surface area contributed by atoms with Crippen LogP contribution in [0, 0.1) is 0 Å². The topological polar surface area (TPSA) is 97.8 Å². The number of rotatable bonds is 6. The van der Waals surface area contributed by atoms with Crippen molar-refractivity contribution in [1.29, 1.82) is 0 Å². The number of ether oxygens (including phenoxy) is 2. The van der Waals surface area contributed by atoms with Gasteiger partial charge in [0.2, 0.25) is 0 Å². The van der Waals surface area contributed by atoms with Gasteiger partial charge in [-0.05, 0) is 41.5 Å². The van der Waals surface area contributed by atoms with Crippen molar-refractivity contribution in [3.05, 3.63) is 89.8 Å². The highest BCUT2D eigenvalue weighted by molar-refractivity contribution is 6.39. The molecule has 32 heavy (non-hydrogen) atoms. The maximum Gasteiger partial charge on any atom is 0.336 e. The lowest BCUT2D eigenvalue weighted by molar-refractivity contribution is -0.122. The first-order valence-corrected chi connectivity index (χ1v) is 9.73. The molecule has 1 aliphatic rings. The van der Waals surface area contributed by atoms with Crippen LogP contribution in [0.3, 0.4) is 0 Å². The molecule has 2 heterocycles. The third-order valence-corrected chi connectivity index (χ3v) is 4.74. The number of methoxy groups -OCH3 is 1. The Morgan fingerprint density at radius 1 is 1.00 bits per heavy atom. The second kappa shape index (κ2) is 9.13. The van der Waals surface area contributed by atoms with Crippen LogP contribution in [-0.4, -0.2) is 29.9 Å². The van der Waals surface area contributed by atoms with Gasteiger partial charge in [-0.3, -0.25) is 19.9 Å². The van der Waals surface area contributed by atoms with Crippen LogP contribution in [-0.2, 0) is 16.2 Å². The van der Waals surface area contributed by atoms with Gasteiger partial charge < -0.3 is 9.47 Å². The third kappa shape index (κ3) is 4.34. The van der Waals surface area contributed by atoms with E-state index >= 15 is 0 Å². The minimum Gasteiger partial charge on any atom is -0.493 e. The number of hydrogen-bond donors (Lipinski definition) is 1. The number of barbiturate groups is 1. The summed E-state index contributed by atoms with van der Waals surface area (Å²) in [6.45, 7) is 0.319. The molecule has 4 amide bonds. The number of carbonyl (C=O) groups is 3. The molecule has 160 valence electrons. The Morgan fingerprint density at radius 2 is 1.81 bits per heavy atom. The fourth-order valence-corrected chi connectivity index (χ4v) is 3.18. The Hall–Kier alpha value is -4.46. The van der Waals surface area contributed by atoms with Gasteiger partial charge in [0.15, 0.2) is 11.5 Å². The van der Waals surface area contributed by atoms with Gasteiger partial charge >= 0.3 is 6.03 Å². The largest absolute Gasteiger partial charge is 0.493 e. The Kier molecular flexibility index (Phi) is 5.94. The molecule has 1 saturated heterocycles. The van der Waals surface area contributed by atoms with Crippen molar-refractivity contribution >= 4 is 29.6 Å². The predicted molar refractivity (Wildman–Crippen MR) is 117 cm³/mol. The number of hydrogen-bond acceptors (Lipinski definition) is 6. The molecular formula is C24H19N3O5. The van der Waals surface area contributed by atoms with E-state index < -0.39 is 17.8 Å². The van der Waals surface area contributed by atoms with Gasteiger partial charge in [-0.2, -0.15) is 0 Å². The molecule has 8 nitrogen and oxygen atoms in total. The van der Waals surface area contributed by atoms with Gasteiger partial charge in [-0.25, -0.2) is 9.69 Å². The minimum atomic E-state index is -0.827. The van der Waals surface area contributed by atoms with Gasteiger partial charge in [0.1, 0.15) is 12.2 Å². The molecule has 0 saturated carbocycles. The van der Waals surface area contributed by atoms with Crippen LogP contribution in [0.4, 0.5) is 10.5 Å². The summed E-state index contributed by atoms with van der Waals surface area (Å²) in [4.78, 5) is 42.4. The van der Waals surface area contributed by atoms with E-state index in [2.05, 4.69) is 10.3 Å². The average molecular weight is 429 g/mol. The van der Waals surface area contributed by atoms with E-state index in [1.807, 2.05) is 30.3 Å². The van der Waals surface area contributed by atoms with Crippen LogP contribution in [0.15, 0.2) is 78.6 Å². The van der Waals surface area contributed by atoms with Crippen molar-refractivity contribution in [2.24, 2.45) is 0 Å². The second-order valence-electron chi connectivity index (χ2n) is 6.85. The van der Waals surface area contributed by atoms with Gasteiger partial charge in [0, 0.05) is 6.20 Å². The lowest BCUT2D eigenvalue weighted by Crippen LogP contribution is -2.54. The molecule has 1 N–H and O–H groups in total. The van der Waals surface area contributed by atoms with E-state index in [4.69, 9.17) is 9.47 Å². The number of aromatic nitrogens is 1. The lowest BCUT2D eigenvalue weighted by Gasteiger charge is -2.26. The highest BCUT2D eigenvalue weighted by Gasteiger charge is 2.36. The number of carbonyl (C=O) groups excluding carboxylic acids is 3. The molecule has 0 unspecified atom stereocenters. The van der Waals surface area contributed by atoms with Gasteiger partial charge in [-0.15, -0.1) is 0 Å². The van der Waals surface area contributed by atoms with E-state index in [9.17, 15) is 14.4 Å². The van der Waals surface area contributed by atoms with Gasteiger partial charge in [0.25, 0.3) is 11.8 Å². The molecule has 1 fully saturated rings. The first-order valence-electron chi connectivity index (χ1n) is 9.73. The van der Waals surface area contributed by atoms with Gasteiger partial charge in [0.05, 0.1) is 19.0 Å². The van der Waals surface area contributed by atoms with Crippen LogP contribution in [0.25, 0.3) is 6.08 Å². The highest BCUT2D eigenvalue weighted by Crippen LogP contribution is 2.30. The van der Waals surface area contributed by atoms with Crippen molar-refractivity contribution < 1.29 is 23.9 Å². The summed E-state index contributed by atoms with van der Waals surface area (Å²) >= 11 is 0. The molecule has 4 rings (SSSR count). The Bertz CT molecular complexity index is 1190. The van der Waals surface area contributed by atoms with Gasteiger partial charge in [-0.1, -0.05) is 36.4 Å². The predicted octanol–water partition coefficient (Wildman–Crippen LogP) is 3.34. The summed E-state index contributed by atoms with van der Waals surface area (Å²) in [5.41, 5.74) is 1.58. The number of nitrogens with zero attached hydrogens (tertiary/aromatic N) is 2. The zero-order chi connectivity index (χ0) is 22.5. The molecule has 0 bridgehead atoms. The van der Waals surface area contributed by atoms with Crippen LogP contribution in [0.5, 0.6) is 11.5 Å². The number of imide groups is 2. The molecule has 1 aromatic heterocycles. The van der Waals surface area contributed by atoms with E-state index in [1.54, 1.807) is 30.3 Å². The summed E-state index contributed by atoms with van der Waals surface area (Å²) in [7, 11) is 1.53. The number of amides is 4. The summed E-state index contributed by atoms with van der Waals surface area (Å²) in [5, 5.41) is 2.19. The number of benzene rings is 2. The molecule has 3 aromatic rings. The summed E-state index contributed by atoms with van der Waals surface area (Å²) < 4.78 is 11.3. The van der Waals surface area contributed by atoms with Crippen LogP contribution >= 0.6 is 0 Å². The van der Waals surface area contributed by atoms with E-state index in [-0.39, 0.29) is 11.3 Å². The summed E-state index contributed by atoms with van der Waals surface area (Å²) in [6, 6.07) is 17.0. The van der Waals surface area contributed by atoms with E-state index in [1.165, 1.54) is 25.6 Å². The SMILES string of the molecule is COc1ccc(/C=C2\C(=O)NC(=O)N(c3cccnc3)C2=O)cc1OCc1ccccc1. The molecule has 1 aliphatic heterocycles. The van der Waals surface area contributed by atoms with Crippen molar-refractivity contribution in [3.8, 4) is 11.5 Å². The highest BCUT2D eigenvalue weighted by atomic mass is 16.5. The maximum absolute atomic E-state index is 13.0. The number of nitrogens with one attached hydrogen (secondary N) is 1. The molecule has 0 radical (unpaired) electrons. The first-order chi connectivity index (χ1) is 15.6.